The Morgan fingerprint density at radius 2 is 2.00 bits per heavy atom. The number of aromatic nitrogens is 2. The number of hydrogen-bond donors (Lipinski definition) is 0. The fourth-order valence-electron chi connectivity index (χ4n) is 1.63. The molecule has 0 unspecified atom stereocenters. The summed E-state index contributed by atoms with van der Waals surface area (Å²) in [6, 6.07) is 0. The molecule has 0 radical (unpaired) electrons. The zero-order valence-electron chi connectivity index (χ0n) is 10.6. The van der Waals surface area contributed by atoms with Crippen molar-refractivity contribution < 1.29 is 18.8 Å². The molecule has 0 spiro atoms. The van der Waals surface area contributed by atoms with Crippen LogP contribution >= 0.6 is 0 Å². The molecule has 6 nitrogen and oxygen atoms in total. The summed E-state index contributed by atoms with van der Waals surface area (Å²) in [5, 5.41) is 3.79. The molecule has 1 aromatic rings. The molecule has 1 rings (SSSR count). The topological polar surface area (TPSA) is 74.5 Å². The molecule has 0 aliphatic rings. The third-order valence-electron chi connectivity index (χ3n) is 2.82. The number of esters is 1. The van der Waals surface area contributed by atoms with Gasteiger partial charge in [-0.25, -0.2) is 4.79 Å². The normalized spacial score (nSPS) is 11.5. The van der Waals surface area contributed by atoms with Crippen LogP contribution in [-0.4, -0.2) is 29.8 Å². The first-order valence-electron chi connectivity index (χ1n) is 5.70. The molecule has 1 heterocycles. The maximum atomic E-state index is 11.4. The maximum Gasteiger partial charge on any atom is 0.397 e. The number of rotatable bonds is 6. The molecule has 0 saturated heterocycles. The summed E-state index contributed by atoms with van der Waals surface area (Å²) in [6.45, 7) is 5.92. The minimum absolute atomic E-state index is 0.134. The van der Waals surface area contributed by atoms with E-state index in [-0.39, 0.29) is 12.5 Å². The summed E-state index contributed by atoms with van der Waals surface area (Å²) in [6.07, 6.45) is 1.39. The van der Waals surface area contributed by atoms with Gasteiger partial charge in [-0.2, -0.15) is 4.98 Å². The molecule has 0 amide bonds. The molecule has 1 aromatic heterocycles. The van der Waals surface area contributed by atoms with Crippen LogP contribution in [0.25, 0.3) is 0 Å². The number of carbonyl (C=O) groups excluding carboxylic acids is 1. The first kappa shape index (κ1) is 13.6. The van der Waals surface area contributed by atoms with E-state index in [9.17, 15) is 4.79 Å². The molecule has 0 aliphatic carbocycles. The van der Waals surface area contributed by atoms with Crippen LogP contribution in [-0.2, 0) is 15.1 Å². The smallest absolute Gasteiger partial charge is 0.397 e. The van der Waals surface area contributed by atoms with E-state index in [2.05, 4.69) is 10.1 Å². The molecule has 0 N–H and O–H groups in total. The van der Waals surface area contributed by atoms with Crippen molar-refractivity contribution in [2.45, 2.75) is 39.2 Å². The molecule has 0 aliphatic heterocycles. The van der Waals surface area contributed by atoms with E-state index in [0.717, 1.165) is 0 Å². The van der Waals surface area contributed by atoms with Crippen molar-refractivity contribution in [3.05, 3.63) is 11.7 Å². The van der Waals surface area contributed by atoms with Gasteiger partial charge in [0.1, 0.15) is 5.60 Å². The van der Waals surface area contributed by atoms with Gasteiger partial charge >= 0.3 is 11.9 Å². The molecule has 17 heavy (non-hydrogen) atoms. The molecule has 0 saturated carbocycles. The second kappa shape index (κ2) is 5.77. The first-order chi connectivity index (χ1) is 8.13. The number of ether oxygens (including phenoxy) is 2. The first-order valence-corrected chi connectivity index (χ1v) is 5.70. The maximum absolute atomic E-state index is 11.4. The van der Waals surface area contributed by atoms with Gasteiger partial charge < -0.3 is 14.0 Å². The average molecular weight is 242 g/mol. The van der Waals surface area contributed by atoms with Crippen molar-refractivity contribution in [1.82, 2.24) is 10.1 Å². The van der Waals surface area contributed by atoms with E-state index >= 15 is 0 Å². The van der Waals surface area contributed by atoms with Gasteiger partial charge in [-0.05, 0) is 19.8 Å². The second-order valence-electron chi connectivity index (χ2n) is 3.55. The SMILES string of the molecule is CCOC(=O)c1nc(C(CC)(CC)OC)no1. The van der Waals surface area contributed by atoms with Gasteiger partial charge in [-0.15, -0.1) is 0 Å². The Bertz CT molecular complexity index is 363. The molecule has 6 heteroatoms. The van der Waals surface area contributed by atoms with E-state index < -0.39 is 11.6 Å². The minimum Gasteiger partial charge on any atom is -0.459 e. The van der Waals surface area contributed by atoms with Crippen molar-refractivity contribution in [2.24, 2.45) is 0 Å². The van der Waals surface area contributed by atoms with E-state index in [0.29, 0.717) is 18.7 Å². The van der Waals surface area contributed by atoms with E-state index in [1.54, 1.807) is 14.0 Å². The highest BCUT2D eigenvalue weighted by molar-refractivity contribution is 5.83. The van der Waals surface area contributed by atoms with Gasteiger partial charge in [-0.3, -0.25) is 0 Å². The Morgan fingerprint density at radius 1 is 1.35 bits per heavy atom. The molecular weight excluding hydrogens is 224 g/mol. The van der Waals surface area contributed by atoms with Gasteiger partial charge in [0.25, 0.3) is 0 Å². The minimum atomic E-state index is -0.608. The lowest BCUT2D eigenvalue weighted by molar-refractivity contribution is -0.0306. The van der Waals surface area contributed by atoms with Gasteiger partial charge in [0.05, 0.1) is 6.61 Å². The lowest BCUT2D eigenvalue weighted by Crippen LogP contribution is -2.28. The number of carbonyl (C=O) groups is 1. The van der Waals surface area contributed by atoms with Gasteiger partial charge in [-0.1, -0.05) is 19.0 Å². The van der Waals surface area contributed by atoms with Crippen LogP contribution in [0.4, 0.5) is 0 Å². The standard InChI is InChI=1S/C11H18N2O4/c1-5-11(6-2,15-4)10-12-8(17-13-10)9(14)16-7-3/h5-7H2,1-4H3. The van der Waals surface area contributed by atoms with Gasteiger partial charge in [0.15, 0.2) is 0 Å². The van der Waals surface area contributed by atoms with Crippen LogP contribution in [0.1, 0.15) is 50.1 Å². The quantitative estimate of drug-likeness (QED) is 0.709. The molecule has 0 aromatic carbocycles. The molecular formula is C11H18N2O4. The van der Waals surface area contributed by atoms with Gasteiger partial charge in [0, 0.05) is 7.11 Å². The van der Waals surface area contributed by atoms with Crippen molar-refractivity contribution in [2.75, 3.05) is 13.7 Å². The van der Waals surface area contributed by atoms with Crippen LogP contribution in [0.2, 0.25) is 0 Å². The van der Waals surface area contributed by atoms with Gasteiger partial charge in [0.2, 0.25) is 5.82 Å². The summed E-state index contributed by atoms with van der Waals surface area (Å²) in [4.78, 5) is 15.4. The summed E-state index contributed by atoms with van der Waals surface area (Å²) in [5.41, 5.74) is -0.603. The van der Waals surface area contributed by atoms with Crippen molar-refractivity contribution in [3.63, 3.8) is 0 Å². The fraction of sp³-hybridized carbons (Fsp3) is 0.727. The Morgan fingerprint density at radius 3 is 2.47 bits per heavy atom. The van der Waals surface area contributed by atoms with Crippen LogP contribution in [0.15, 0.2) is 4.52 Å². The molecule has 0 fully saturated rings. The summed E-state index contributed by atoms with van der Waals surface area (Å²) in [5.74, 6) is -0.360. The fourth-order valence-corrected chi connectivity index (χ4v) is 1.63. The van der Waals surface area contributed by atoms with Crippen molar-refractivity contribution in [3.8, 4) is 0 Å². The monoisotopic (exact) mass is 242 g/mol. The number of nitrogens with zero attached hydrogens (tertiary/aromatic N) is 2. The predicted octanol–water partition coefficient (Wildman–Crippen LogP) is 1.91. The van der Waals surface area contributed by atoms with Crippen molar-refractivity contribution in [1.29, 1.82) is 0 Å². The number of hydrogen-bond acceptors (Lipinski definition) is 6. The third kappa shape index (κ3) is 2.63. The summed E-state index contributed by atoms with van der Waals surface area (Å²) < 4.78 is 15.1. The lowest BCUT2D eigenvalue weighted by Gasteiger charge is -2.25. The van der Waals surface area contributed by atoms with E-state index in [4.69, 9.17) is 14.0 Å². The Balaban J connectivity index is 2.96. The highest BCUT2D eigenvalue weighted by atomic mass is 16.6. The van der Waals surface area contributed by atoms with Crippen LogP contribution in [0, 0.1) is 0 Å². The third-order valence-corrected chi connectivity index (χ3v) is 2.82. The highest BCUT2D eigenvalue weighted by Gasteiger charge is 2.34. The zero-order chi connectivity index (χ0) is 12.9. The molecule has 96 valence electrons. The predicted molar refractivity (Wildman–Crippen MR) is 59.5 cm³/mol. The van der Waals surface area contributed by atoms with E-state index in [1.165, 1.54) is 0 Å². The van der Waals surface area contributed by atoms with Crippen LogP contribution < -0.4 is 0 Å². The largest absolute Gasteiger partial charge is 0.459 e. The molecule has 0 bridgehead atoms. The van der Waals surface area contributed by atoms with Crippen molar-refractivity contribution >= 4 is 5.97 Å². The Hall–Kier alpha value is -1.43. The van der Waals surface area contributed by atoms with Crippen LogP contribution in [0.3, 0.4) is 0 Å². The Labute approximate surface area is 100 Å². The second-order valence-corrected chi connectivity index (χ2v) is 3.55. The zero-order valence-corrected chi connectivity index (χ0v) is 10.6. The van der Waals surface area contributed by atoms with Crippen LogP contribution in [0.5, 0.6) is 0 Å². The lowest BCUT2D eigenvalue weighted by atomic mass is 9.96. The molecule has 0 atom stereocenters. The summed E-state index contributed by atoms with van der Waals surface area (Å²) in [7, 11) is 1.59. The number of methoxy groups -OCH3 is 1. The van der Waals surface area contributed by atoms with E-state index in [1.807, 2.05) is 13.8 Å². The average Bonchev–Trinajstić information content (AvgIpc) is 2.83. The summed E-state index contributed by atoms with van der Waals surface area (Å²) >= 11 is 0. The highest BCUT2D eigenvalue weighted by Crippen LogP contribution is 2.29. The Kier molecular flexibility index (Phi) is 4.62.